The number of nitrogens with zero attached hydrogens (tertiary/aromatic N) is 4. The summed E-state index contributed by atoms with van der Waals surface area (Å²) in [5.74, 6) is -1.60. The van der Waals surface area contributed by atoms with Crippen LogP contribution in [0, 0.1) is 11.3 Å². The average Bonchev–Trinajstić information content (AvgIpc) is 3.50. The summed E-state index contributed by atoms with van der Waals surface area (Å²) in [4.78, 5) is 31.2. The summed E-state index contributed by atoms with van der Waals surface area (Å²) >= 11 is 0. The Morgan fingerprint density at radius 3 is 2.59 bits per heavy atom. The second kappa shape index (κ2) is 9.09. The third-order valence-corrected chi connectivity index (χ3v) is 6.11. The lowest BCUT2D eigenvalue weighted by Gasteiger charge is -2.31. The Balaban J connectivity index is 1.41. The highest BCUT2D eigenvalue weighted by Gasteiger charge is 2.45. The Kier molecular flexibility index (Phi) is 6.20. The molecule has 9 heteroatoms. The molecular formula is C25H25N5O4. The average molecular weight is 460 g/mol. The maximum Gasteiger partial charge on any atom is 0.255 e. The quantitative estimate of drug-likeness (QED) is 0.513. The van der Waals surface area contributed by atoms with Gasteiger partial charge in [-0.15, -0.1) is 0 Å². The minimum absolute atomic E-state index is 0.210. The van der Waals surface area contributed by atoms with E-state index in [1.54, 1.807) is 54.2 Å². The monoisotopic (exact) mass is 459 g/mol. The van der Waals surface area contributed by atoms with E-state index in [9.17, 15) is 25.1 Å². The first-order chi connectivity index (χ1) is 16.2. The lowest BCUT2D eigenvalue weighted by atomic mass is 9.95. The summed E-state index contributed by atoms with van der Waals surface area (Å²) in [7, 11) is 0. The molecule has 0 bridgehead atoms. The highest BCUT2D eigenvalue weighted by molar-refractivity contribution is 5.94. The van der Waals surface area contributed by atoms with Crippen LogP contribution in [0.2, 0.25) is 0 Å². The van der Waals surface area contributed by atoms with Gasteiger partial charge in [0.2, 0.25) is 0 Å². The van der Waals surface area contributed by atoms with Crippen LogP contribution < -0.4 is 5.32 Å². The van der Waals surface area contributed by atoms with Crippen LogP contribution in [-0.2, 0) is 22.7 Å². The van der Waals surface area contributed by atoms with Crippen LogP contribution in [0.4, 0.5) is 0 Å². The third kappa shape index (κ3) is 4.29. The van der Waals surface area contributed by atoms with Gasteiger partial charge in [0.05, 0.1) is 18.3 Å². The molecule has 9 nitrogen and oxygen atoms in total. The number of hydrogen-bond donors (Lipinski definition) is 3. The molecule has 2 amide bonds. The SMILES string of the molecule is C[C@@H](NC(=O)[C@](C)(O)[C@@H](O)C(=O)N1Cc2cccnc2C1)c1ccc(-n2cccc2C#N)cc1. The van der Waals surface area contributed by atoms with Crippen LogP contribution in [0.3, 0.4) is 0 Å². The van der Waals surface area contributed by atoms with Crippen molar-refractivity contribution < 1.29 is 19.8 Å². The zero-order valence-corrected chi connectivity index (χ0v) is 18.8. The van der Waals surface area contributed by atoms with Crippen molar-refractivity contribution in [2.75, 3.05) is 0 Å². The number of aliphatic hydroxyl groups is 2. The molecule has 1 aromatic carbocycles. The van der Waals surface area contributed by atoms with Crippen molar-refractivity contribution in [3.05, 3.63) is 83.4 Å². The van der Waals surface area contributed by atoms with E-state index in [1.165, 1.54) is 4.90 Å². The largest absolute Gasteiger partial charge is 0.380 e. The first-order valence-electron chi connectivity index (χ1n) is 10.8. The van der Waals surface area contributed by atoms with Gasteiger partial charge in [-0.3, -0.25) is 14.6 Å². The van der Waals surface area contributed by atoms with E-state index in [0.29, 0.717) is 5.69 Å². The summed E-state index contributed by atoms with van der Waals surface area (Å²) in [6, 6.07) is 15.9. The topological polar surface area (TPSA) is 131 Å². The third-order valence-electron chi connectivity index (χ3n) is 6.11. The maximum atomic E-state index is 12.8. The fourth-order valence-electron chi connectivity index (χ4n) is 3.94. The zero-order valence-electron chi connectivity index (χ0n) is 18.8. The van der Waals surface area contributed by atoms with Gasteiger partial charge >= 0.3 is 0 Å². The van der Waals surface area contributed by atoms with Crippen LogP contribution in [0.25, 0.3) is 5.69 Å². The number of rotatable bonds is 6. The van der Waals surface area contributed by atoms with E-state index in [0.717, 1.165) is 29.4 Å². The molecule has 1 aliphatic heterocycles. The zero-order chi connectivity index (χ0) is 24.5. The van der Waals surface area contributed by atoms with Gasteiger partial charge in [-0.05, 0) is 55.3 Å². The van der Waals surface area contributed by atoms with E-state index in [1.807, 2.05) is 18.2 Å². The Bertz CT molecular complexity index is 1230. The number of amides is 2. The molecule has 0 spiro atoms. The molecule has 1 aliphatic rings. The van der Waals surface area contributed by atoms with Crippen molar-refractivity contribution in [1.82, 2.24) is 19.8 Å². The van der Waals surface area contributed by atoms with Crippen LogP contribution >= 0.6 is 0 Å². The van der Waals surface area contributed by atoms with Crippen molar-refractivity contribution in [3.8, 4) is 11.8 Å². The van der Waals surface area contributed by atoms with Gasteiger partial charge in [-0.1, -0.05) is 18.2 Å². The lowest BCUT2D eigenvalue weighted by Crippen LogP contribution is -2.58. The predicted octanol–water partition coefficient (Wildman–Crippen LogP) is 1.58. The number of aromatic nitrogens is 2. The lowest BCUT2D eigenvalue weighted by molar-refractivity contribution is -0.166. The van der Waals surface area contributed by atoms with Crippen molar-refractivity contribution in [3.63, 3.8) is 0 Å². The van der Waals surface area contributed by atoms with Gasteiger partial charge in [0, 0.05) is 24.6 Å². The standard InChI is InChI=1S/C25H25N5O4/c1-16(17-7-9-19(10-8-17)30-12-4-6-20(30)13-26)28-24(33)25(2,34)22(31)23(32)29-14-18-5-3-11-27-21(18)15-29/h3-12,16,22,31,34H,14-15H2,1-2H3,(H,28,33)/t16-,22+,25-/m1/s1. The van der Waals surface area contributed by atoms with Crippen LogP contribution in [-0.4, -0.2) is 48.2 Å². The van der Waals surface area contributed by atoms with Crippen molar-refractivity contribution in [1.29, 1.82) is 5.26 Å². The second-order valence-corrected chi connectivity index (χ2v) is 8.52. The van der Waals surface area contributed by atoms with Crippen molar-refractivity contribution in [2.45, 2.75) is 44.7 Å². The van der Waals surface area contributed by atoms with E-state index in [-0.39, 0.29) is 13.1 Å². The number of benzene rings is 1. The van der Waals surface area contributed by atoms with Crippen LogP contribution in [0.1, 0.15) is 42.4 Å². The van der Waals surface area contributed by atoms with Crippen molar-refractivity contribution in [2.24, 2.45) is 0 Å². The Labute approximate surface area is 196 Å². The van der Waals surface area contributed by atoms with Gasteiger partial charge in [-0.25, -0.2) is 0 Å². The van der Waals surface area contributed by atoms with Crippen LogP contribution in [0.15, 0.2) is 60.9 Å². The fourth-order valence-corrected chi connectivity index (χ4v) is 3.94. The van der Waals surface area contributed by atoms with E-state index < -0.39 is 29.6 Å². The molecule has 0 unspecified atom stereocenters. The Hall–Kier alpha value is -4.00. The van der Waals surface area contributed by atoms with Crippen LogP contribution in [0.5, 0.6) is 0 Å². The van der Waals surface area contributed by atoms with Gasteiger partial charge < -0.3 is 25.0 Å². The number of nitriles is 1. The summed E-state index contributed by atoms with van der Waals surface area (Å²) in [6.07, 6.45) is 1.47. The minimum Gasteiger partial charge on any atom is -0.380 e. The molecule has 3 heterocycles. The number of hydrogen-bond acceptors (Lipinski definition) is 6. The fraction of sp³-hybridized carbons (Fsp3) is 0.280. The number of fused-ring (bicyclic) bond motifs is 1. The molecule has 3 atom stereocenters. The summed E-state index contributed by atoms with van der Waals surface area (Å²) in [5, 5.41) is 33.2. The summed E-state index contributed by atoms with van der Waals surface area (Å²) < 4.78 is 1.74. The number of pyridine rings is 1. The molecule has 0 fully saturated rings. The number of carbonyl (C=O) groups is 2. The molecule has 3 N–H and O–H groups in total. The van der Waals surface area contributed by atoms with Gasteiger partial charge in [0.15, 0.2) is 11.7 Å². The molecule has 0 saturated heterocycles. The number of nitrogens with one attached hydrogen (secondary N) is 1. The van der Waals surface area contributed by atoms with E-state index >= 15 is 0 Å². The van der Waals surface area contributed by atoms with Gasteiger partial charge in [0.25, 0.3) is 11.8 Å². The molecule has 2 aromatic heterocycles. The number of aliphatic hydroxyl groups excluding tert-OH is 1. The molecule has 3 aromatic rings. The number of carbonyl (C=O) groups excluding carboxylic acids is 2. The smallest absolute Gasteiger partial charge is 0.255 e. The molecule has 34 heavy (non-hydrogen) atoms. The summed E-state index contributed by atoms with van der Waals surface area (Å²) in [5.41, 5.74) is 1.30. The van der Waals surface area contributed by atoms with Gasteiger partial charge in [-0.2, -0.15) is 5.26 Å². The Morgan fingerprint density at radius 1 is 1.18 bits per heavy atom. The molecule has 4 rings (SSSR count). The molecule has 174 valence electrons. The van der Waals surface area contributed by atoms with Crippen molar-refractivity contribution >= 4 is 11.8 Å². The molecule has 0 saturated carbocycles. The van der Waals surface area contributed by atoms with Gasteiger partial charge in [0.1, 0.15) is 11.8 Å². The first kappa shape index (κ1) is 23.2. The highest BCUT2D eigenvalue weighted by atomic mass is 16.4. The predicted molar refractivity (Wildman–Crippen MR) is 122 cm³/mol. The van der Waals surface area contributed by atoms with E-state index in [4.69, 9.17) is 0 Å². The molecular weight excluding hydrogens is 434 g/mol. The van der Waals surface area contributed by atoms with E-state index in [2.05, 4.69) is 16.4 Å². The highest BCUT2D eigenvalue weighted by Crippen LogP contribution is 2.24. The maximum absolute atomic E-state index is 12.8. The Morgan fingerprint density at radius 2 is 1.91 bits per heavy atom. The second-order valence-electron chi connectivity index (χ2n) is 8.52. The normalized spacial score (nSPS) is 16.1. The first-order valence-corrected chi connectivity index (χ1v) is 10.8. The molecule has 0 radical (unpaired) electrons. The summed E-state index contributed by atoms with van der Waals surface area (Å²) in [6.45, 7) is 3.32. The minimum atomic E-state index is -2.33. The molecule has 0 aliphatic carbocycles.